The maximum absolute atomic E-state index is 11.5. The number of benzene rings is 1. The summed E-state index contributed by atoms with van der Waals surface area (Å²) in [4.78, 5) is 29.8. The van der Waals surface area contributed by atoms with Gasteiger partial charge in [0.15, 0.2) is 5.65 Å². The standard InChI is InChI=1S/C20H23N9O3/c1-2-32-7-6-22-19-28-18(24-14-5-3-4-12(8-14)10-21)26-16-13(11-23-29(16)19)9-15-17(30)27-20(31)25-15/h3-5,8-9,11,30H,2,6-7,10,21H2,1H3,(H,22,24,28)(H2,25,27,31). The largest absolute Gasteiger partial charge is 0.493 e. The Balaban J connectivity index is 1.82. The van der Waals surface area contributed by atoms with Crippen LogP contribution in [-0.4, -0.2) is 54.4 Å². The molecule has 166 valence electrons. The average Bonchev–Trinajstić information content (AvgIpc) is 3.33. The molecule has 0 saturated carbocycles. The molecule has 0 fully saturated rings. The van der Waals surface area contributed by atoms with E-state index in [1.54, 1.807) is 12.3 Å². The van der Waals surface area contributed by atoms with Crippen LogP contribution >= 0.6 is 0 Å². The molecule has 1 aromatic carbocycles. The van der Waals surface area contributed by atoms with E-state index in [1.807, 2.05) is 31.2 Å². The summed E-state index contributed by atoms with van der Waals surface area (Å²) in [7, 11) is 0. The van der Waals surface area contributed by atoms with E-state index < -0.39 is 5.69 Å². The Labute approximate surface area is 181 Å². The molecule has 4 aromatic rings. The quantitative estimate of drug-likeness (QED) is 0.230. The van der Waals surface area contributed by atoms with Crippen LogP contribution in [0.2, 0.25) is 0 Å². The predicted octanol–water partition coefficient (Wildman–Crippen LogP) is -0.466. The molecule has 3 aromatic heterocycles. The Morgan fingerprint density at radius 1 is 1.34 bits per heavy atom. The van der Waals surface area contributed by atoms with Crippen LogP contribution in [0.3, 0.4) is 0 Å². The molecule has 12 nitrogen and oxygen atoms in total. The van der Waals surface area contributed by atoms with Gasteiger partial charge in [-0.15, -0.1) is 0 Å². The highest BCUT2D eigenvalue weighted by atomic mass is 16.5. The minimum Gasteiger partial charge on any atom is -0.493 e. The van der Waals surface area contributed by atoms with Gasteiger partial charge in [0.1, 0.15) is 5.69 Å². The molecular weight excluding hydrogens is 414 g/mol. The van der Waals surface area contributed by atoms with E-state index in [9.17, 15) is 9.90 Å². The lowest BCUT2D eigenvalue weighted by molar-refractivity contribution is 0.155. The van der Waals surface area contributed by atoms with E-state index >= 15 is 0 Å². The van der Waals surface area contributed by atoms with Crippen LogP contribution < -0.4 is 27.6 Å². The van der Waals surface area contributed by atoms with Crippen LogP contribution in [0.25, 0.3) is 11.7 Å². The van der Waals surface area contributed by atoms with Crippen LogP contribution in [0.1, 0.15) is 18.2 Å². The number of aromatic hydroxyl groups is 1. The molecule has 0 amide bonds. The molecule has 0 aliphatic heterocycles. The molecule has 12 heteroatoms. The SMILES string of the molecule is CCOCCN=c1nc(Nc2cccc(CN)c2)nc2c(=Cc3[nH]c(=O)[nH]c3O)cnn12. The van der Waals surface area contributed by atoms with E-state index in [1.165, 1.54) is 4.52 Å². The van der Waals surface area contributed by atoms with Crippen molar-refractivity contribution in [2.24, 2.45) is 10.7 Å². The fourth-order valence-electron chi connectivity index (χ4n) is 3.05. The van der Waals surface area contributed by atoms with Gasteiger partial charge in [0.25, 0.3) is 5.62 Å². The Bertz CT molecular complexity index is 1400. The van der Waals surface area contributed by atoms with E-state index in [2.05, 4.69) is 35.3 Å². The first-order valence-electron chi connectivity index (χ1n) is 10.0. The molecule has 32 heavy (non-hydrogen) atoms. The van der Waals surface area contributed by atoms with E-state index in [0.29, 0.717) is 48.7 Å². The molecular formula is C20H23N9O3. The van der Waals surface area contributed by atoms with Crippen molar-refractivity contribution in [2.45, 2.75) is 13.5 Å². The molecule has 0 atom stereocenters. The predicted molar refractivity (Wildman–Crippen MR) is 117 cm³/mol. The van der Waals surface area contributed by atoms with E-state index in [0.717, 1.165) is 11.3 Å². The minimum absolute atomic E-state index is 0.212. The summed E-state index contributed by atoms with van der Waals surface area (Å²) in [6.45, 7) is 3.76. The molecule has 0 saturated heterocycles. The van der Waals surface area contributed by atoms with Crippen LogP contribution in [0.4, 0.5) is 11.6 Å². The zero-order valence-electron chi connectivity index (χ0n) is 17.4. The van der Waals surface area contributed by atoms with Gasteiger partial charge < -0.3 is 25.9 Å². The smallest absolute Gasteiger partial charge is 0.326 e. The Kier molecular flexibility index (Phi) is 6.24. The number of aromatic nitrogens is 6. The fourth-order valence-corrected chi connectivity index (χ4v) is 3.05. The number of nitrogens with two attached hydrogens (primary N) is 1. The molecule has 6 N–H and O–H groups in total. The fraction of sp³-hybridized carbons (Fsp3) is 0.250. The topological polar surface area (TPSA) is 172 Å². The van der Waals surface area contributed by atoms with Gasteiger partial charge in [-0.05, 0) is 30.7 Å². The van der Waals surface area contributed by atoms with Crippen molar-refractivity contribution in [2.75, 3.05) is 25.1 Å². The normalized spacial score (nSPS) is 12.7. The number of aromatic amines is 2. The number of hydrogen-bond donors (Lipinski definition) is 5. The maximum atomic E-state index is 11.5. The van der Waals surface area contributed by atoms with Crippen molar-refractivity contribution in [3.8, 4) is 5.88 Å². The highest BCUT2D eigenvalue weighted by molar-refractivity contribution is 5.59. The van der Waals surface area contributed by atoms with Crippen LogP contribution in [0.15, 0.2) is 40.2 Å². The third kappa shape index (κ3) is 4.66. The summed E-state index contributed by atoms with van der Waals surface area (Å²) in [5.41, 5.74) is 7.93. The van der Waals surface area contributed by atoms with Crippen molar-refractivity contribution in [3.05, 3.63) is 63.0 Å². The second kappa shape index (κ2) is 9.41. The molecule has 0 radical (unpaired) electrons. The number of ether oxygens (including phenoxy) is 1. The third-order valence-electron chi connectivity index (χ3n) is 4.53. The van der Waals surface area contributed by atoms with Crippen molar-refractivity contribution in [1.82, 2.24) is 29.5 Å². The van der Waals surface area contributed by atoms with Gasteiger partial charge in [-0.1, -0.05) is 12.1 Å². The number of anilines is 2. The highest BCUT2D eigenvalue weighted by Gasteiger charge is 2.09. The van der Waals surface area contributed by atoms with Crippen LogP contribution in [0, 0.1) is 0 Å². The van der Waals surface area contributed by atoms with E-state index in [4.69, 9.17) is 10.5 Å². The minimum atomic E-state index is -0.520. The maximum Gasteiger partial charge on any atom is 0.326 e. The first-order valence-corrected chi connectivity index (χ1v) is 10.0. The zero-order chi connectivity index (χ0) is 22.5. The number of rotatable bonds is 8. The number of nitrogens with one attached hydrogen (secondary N) is 3. The number of hydrogen-bond acceptors (Lipinski definition) is 9. The van der Waals surface area contributed by atoms with Gasteiger partial charge in [0, 0.05) is 24.1 Å². The lowest BCUT2D eigenvalue weighted by Gasteiger charge is -2.07. The summed E-state index contributed by atoms with van der Waals surface area (Å²) in [6, 6.07) is 7.60. The van der Waals surface area contributed by atoms with Gasteiger partial charge >= 0.3 is 5.69 Å². The third-order valence-corrected chi connectivity index (χ3v) is 4.53. The molecule has 3 heterocycles. The van der Waals surface area contributed by atoms with Crippen molar-refractivity contribution < 1.29 is 9.84 Å². The van der Waals surface area contributed by atoms with Gasteiger partial charge in [-0.3, -0.25) is 4.98 Å². The van der Waals surface area contributed by atoms with Crippen molar-refractivity contribution >= 4 is 23.4 Å². The summed E-state index contributed by atoms with van der Waals surface area (Å²) >= 11 is 0. The molecule has 0 spiro atoms. The number of fused-ring (bicyclic) bond motifs is 1. The van der Waals surface area contributed by atoms with Crippen molar-refractivity contribution in [3.63, 3.8) is 0 Å². The number of imidazole rings is 1. The second-order valence-electron chi connectivity index (χ2n) is 6.78. The van der Waals surface area contributed by atoms with Crippen molar-refractivity contribution in [1.29, 1.82) is 0 Å². The molecule has 0 aliphatic rings. The molecule has 0 unspecified atom stereocenters. The number of H-pyrrole nitrogens is 2. The van der Waals surface area contributed by atoms with Gasteiger partial charge in [0.05, 0.1) is 19.3 Å². The average molecular weight is 437 g/mol. The highest BCUT2D eigenvalue weighted by Crippen LogP contribution is 2.14. The first kappa shape index (κ1) is 21.2. The Hall–Kier alpha value is -4.03. The molecule has 4 rings (SSSR count). The summed E-state index contributed by atoms with van der Waals surface area (Å²) in [5, 5.41) is 17.9. The summed E-state index contributed by atoms with van der Waals surface area (Å²) < 4.78 is 6.84. The van der Waals surface area contributed by atoms with Crippen LogP contribution in [0.5, 0.6) is 5.88 Å². The monoisotopic (exact) mass is 437 g/mol. The molecule has 0 bridgehead atoms. The first-order chi connectivity index (χ1) is 15.6. The van der Waals surface area contributed by atoms with Gasteiger partial charge in [0.2, 0.25) is 11.8 Å². The summed E-state index contributed by atoms with van der Waals surface area (Å²) in [5.74, 6) is 0.0331. The molecule has 0 aliphatic carbocycles. The lowest BCUT2D eigenvalue weighted by Crippen LogP contribution is -2.24. The second-order valence-corrected chi connectivity index (χ2v) is 6.78. The zero-order valence-corrected chi connectivity index (χ0v) is 17.4. The van der Waals surface area contributed by atoms with Gasteiger partial charge in [-0.25, -0.2) is 9.79 Å². The summed E-state index contributed by atoms with van der Waals surface area (Å²) in [6.07, 6.45) is 3.11. The Morgan fingerprint density at radius 3 is 2.97 bits per heavy atom. The number of nitrogens with zero attached hydrogens (tertiary/aromatic N) is 5. The van der Waals surface area contributed by atoms with Crippen LogP contribution in [-0.2, 0) is 11.3 Å². The Morgan fingerprint density at radius 2 is 2.22 bits per heavy atom. The lowest BCUT2D eigenvalue weighted by atomic mass is 10.2. The van der Waals surface area contributed by atoms with Gasteiger partial charge in [-0.2, -0.15) is 19.6 Å². The van der Waals surface area contributed by atoms with E-state index in [-0.39, 0.29) is 11.6 Å².